The van der Waals surface area contributed by atoms with Crippen LogP contribution in [-0.2, 0) is 16.0 Å². The zero-order valence-electron chi connectivity index (χ0n) is 18.4. The molecule has 0 radical (unpaired) electrons. The monoisotopic (exact) mass is 441 g/mol. The lowest BCUT2D eigenvalue weighted by molar-refractivity contribution is -0.133. The lowest BCUT2D eigenvalue weighted by atomic mass is 9.60. The van der Waals surface area contributed by atoms with Gasteiger partial charge in [-0.05, 0) is 56.6 Å². The fourth-order valence-corrected chi connectivity index (χ4v) is 5.51. The van der Waals surface area contributed by atoms with Crippen LogP contribution in [0, 0.1) is 11.8 Å². The summed E-state index contributed by atoms with van der Waals surface area (Å²) in [7, 11) is 6.98. The van der Waals surface area contributed by atoms with Crippen molar-refractivity contribution in [1.82, 2.24) is 4.90 Å². The van der Waals surface area contributed by atoms with Crippen molar-refractivity contribution in [2.45, 2.75) is 24.5 Å². The molecule has 9 heteroatoms. The number of ketones is 2. The van der Waals surface area contributed by atoms with E-state index in [2.05, 4.69) is 0 Å². The van der Waals surface area contributed by atoms with Crippen LogP contribution in [-0.4, -0.2) is 77.5 Å². The Morgan fingerprint density at radius 1 is 1.16 bits per heavy atom. The molecule has 0 saturated heterocycles. The number of benzene rings is 1. The van der Waals surface area contributed by atoms with E-state index in [9.17, 15) is 29.7 Å². The highest BCUT2D eigenvalue weighted by atomic mass is 16.3. The Morgan fingerprint density at radius 2 is 1.81 bits per heavy atom. The summed E-state index contributed by atoms with van der Waals surface area (Å²) in [4.78, 5) is 41.9. The number of carbonyl (C=O) groups excluding carboxylic acids is 3. The number of amides is 1. The number of primary amides is 1. The first kappa shape index (κ1) is 22.0. The highest BCUT2D eigenvalue weighted by molar-refractivity contribution is 6.22. The van der Waals surface area contributed by atoms with E-state index in [4.69, 9.17) is 5.73 Å². The maximum absolute atomic E-state index is 13.4. The topological polar surface area (TPSA) is 144 Å². The molecule has 1 aromatic carbocycles. The van der Waals surface area contributed by atoms with E-state index in [0.717, 1.165) is 5.69 Å². The molecule has 4 atom stereocenters. The zero-order chi connectivity index (χ0) is 23.7. The van der Waals surface area contributed by atoms with Gasteiger partial charge in [-0.25, -0.2) is 0 Å². The Morgan fingerprint density at radius 3 is 2.38 bits per heavy atom. The number of Topliss-reactive ketones (excluding diaryl/α,β-unsaturated/α-hetero) is 2. The molecule has 4 rings (SSSR count). The number of phenols is 1. The van der Waals surface area contributed by atoms with Crippen molar-refractivity contribution in [2.24, 2.45) is 17.6 Å². The van der Waals surface area contributed by atoms with Crippen LogP contribution in [0.15, 0.2) is 35.1 Å². The van der Waals surface area contributed by atoms with Gasteiger partial charge in [0.05, 0.1) is 11.6 Å². The zero-order valence-corrected chi connectivity index (χ0v) is 18.4. The molecule has 0 spiro atoms. The molecule has 2 unspecified atom stereocenters. The highest BCUT2D eigenvalue weighted by Crippen LogP contribution is 2.51. The van der Waals surface area contributed by atoms with Crippen molar-refractivity contribution < 1.29 is 29.7 Å². The summed E-state index contributed by atoms with van der Waals surface area (Å²) >= 11 is 0. The summed E-state index contributed by atoms with van der Waals surface area (Å²) in [5.74, 6) is -4.35. The number of aliphatic hydroxyl groups excluding tert-OH is 1. The Balaban J connectivity index is 1.94. The molecule has 0 bridgehead atoms. The number of nitrogens with zero attached hydrogens (tertiary/aromatic N) is 2. The molecule has 5 N–H and O–H groups in total. The van der Waals surface area contributed by atoms with Crippen LogP contribution in [0.5, 0.6) is 5.75 Å². The summed E-state index contributed by atoms with van der Waals surface area (Å²) < 4.78 is 0. The molecule has 0 fully saturated rings. The lowest BCUT2D eigenvalue weighted by Crippen LogP contribution is -2.61. The fourth-order valence-electron chi connectivity index (χ4n) is 5.51. The first-order valence-electron chi connectivity index (χ1n) is 10.4. The molecule has 1 aromatic rings. The predicted octanol–water partition coefficient (Wildman–Crippen LogP) is 0.301. The third kappa shape index (κ3) is 2.88. The molecule has 1 amide bonds. The second-order valence-electron chi connectivity index (χ2n) is 9.21. The number of likely N-dealkylation sites (N-methyl/N-ethyl adjacent to an activating group) is 1. The number of nitrogens with two attached hydrogens (primary N) is 1. The van der Waals surface area contributed by atoms with Crippen molar-refractivity contribution in [2.75, 3.05) is 33.1 Å². The summed E-state index contributed by atoms with van der Waals surface area (Å²) in [6.07, 6.45) is 1.89. The van der Waals surface area contributed by atoms with Crippen molar-refractivity contribution in [3.8, 4) is 5.75 Å². The van der Waals surface area contributed by atoms with Gasteiger partial charge in [0.15, 0.2) is 11.6 Å². The predicted molar refractivity (Wildman–Crippen MR) is 116 cm³/mol. The van der Waals surface area contributed by atoms with Crippen LogP contribution >= 0.6 is 0 Å². The second kappa shape index (κ2) is 7.18. The molecule has 0 heterocycles. The first-order valence-corrected chi connectivity index (χ1v) is 10.4. The number of aromatic hydroxyl groups is 1. The molecule has 9 nitrogen and oxygen atoms in total. The quantitative estimate of drug-likeness (QED) is 0.490. The Kier molecular flexibility index (Phi) is 4.94. The molecule has 170 valence electrons. The molecule has 3 aliphatic carbocycles. The van der Waals surface area contributed by atoms with Gasteiger partial charge in [0.2, 0.25) is 0 Å². The van der Waals surface area contributed by atoms with E-state index in [1.54, 1.807) is 25.1 Å². The number of fused-ring (bicyclic) bond motifs is 3. The minimum atomic E-state index is -2.11. The van der Waals surface area contributed by atoms with Crippen LogP contribution < -0.4 is 10.6 Å². The van der Waals surface area contributed by atoms with Gasteiger partial charge in [-0.15, -0.1) is 0 Å². The van der Waals surface area contributed by atoms with Gasteiger partial charge in [-0.2, -0.15) is 0 Å². The second-order valence-corrected chi connectivity index (χ2v) is 9.21. The van der Waals surface area contributed by atoms with Crippen LogP contribution in [0.2, 0.25) is 0 Å². The largest absolute Gasteiger partial charge is 0.508 e. The normalized spacial score (nSPS) is 29.3. The van der Waals surface area contributed by atoms with Crippen molar-refractivity contribution in [3.05, 3.63) is 46.2 Å². The Labute approximate surface area is 185 Å². The number of carbonyl (C=O) groups is 3. The number of allylic oxidation sites excluding steroid dienone is 1. The smallest absolute Gasteiger partial charge is 0.255 e. The van der Waals surface area contributed by atoms with Crippen LogP contribution in [0.1, 0.15) is 22.3 Å². The molecule has 0 saturated carbocycles. The van der Waals surface area contributed by atoms with Gasteiger partial charge >= 0.3 is 0 Å². The third-order valence-electron chi connectivity index (χ3n) is 6.92. The average molecular weight is 441 g/mol. The number of phenolic OH excluding ortho intramolecular Hbond substituents is 1. The standard InChI is InChI=1S/C23H27N3O6/c1-25(2)14-5-6-15(27)16-11(14)7-10-8-13-18(26(3)4)20(29)17(22(24)31)21(30)23(13,32)9-12(10)19(16)28/h5-6,9-10,13,18,27,30,32H,7-8H2,1-4H3,(H2,24,31)/t10?,13?,18-,23+/m0/s1. The molecule has 3 aliphatic rings. The molecular formula is C23H27N3O6. The van der Waals surface area contributed by atoms with Gasteiger partial charge in [0.1, 0.15) is 22.7 Å². The maximum atomic E-state index is 13.4. The molecule has 0 aliphatic heterocycles. The maximum Gasteiger partial charge on any atom is 0.255 e. The number of anilines is 1. The van der Waals surface area contributed by atoms with Crippen LogP contribution in [0.4, 0.5) is 5.69 Å². The number of aliphatic hydroxyl groups is 2. The summed E-state index contributed by atoms with van der Waals surface area (Å²) in [6, 6.07) is 2.29. The van der Waals surface area contributed by atoms with Gasteiger partial charge in [0.25, 0.3) is 5.91 Å². The average Bonchev–Trinajstić information content (AvgIpc) is 2.68. The third-order valence-corrected chi connectivity index (χ3v) is 6.92. The van der Waals surface area contributed by atoms with Crippen molar-refractivity contribution >= 4 is 23.2 Å². The highest BCUT2D eigenvalue weighted by Gasteiger charge is 2.58. The molecule has 0 aromatic heterocycles. The van der Waals surface area contributed by atoms with Crippen molar-refractivity contribution in [3.63, 3.8) is 0 Å². The number of hydrogen-bond donors (Lipinski definition) is 4. The summed E-state index contributed by atoms with van der Waals surface area (Å²) in [6.45, 7) is 0. The first-order chi connectivity index (χ1) is 14.9. The van der Waals surface area contributed by atoms with Crippen LogP contribution in [0.3, 0.4) is 0 Å². The van der Waals surface area contributed by atoms with E-state index in [1.807, 2.05) is 19.0 Å². The van der Waals surface area contributed by atoms with Gasteiger partial charge in [-0.1, -0.05) is 0 Å². The van der Waals surface area contributed by atoms with Gasteiger partial charge in [-0.3, -0.25) is 19.3 Å². The Bertz CT molecular complexity index is 1120. The fraction of sp³-hybridized carbons (Fsp3) is 0.435. The van der Waals surface area contributed by atoms with Gasteiger partial charge < -0.3 is 26.0 Å². The van der Waals surface area contributed by atoms with E-state index < -0.39 is 46.4 Å². The number of rotatable bonds is 3. The van der Waals surface area contributed by atoms with Crippen molar-refractivity contribution in [1.29, 1.82) is 0 Å². The molecule has 32 heavy (non-hydrogen) atoms. The SMILES string of the molecule is CN(C)c1ccc(O)c2c1CC1CC3[C@H](N(C)C)C(=O)C(C(N)=O)=C(O)[C@@]3(O)C=C1C2=O. The minimum absolute atomic E-state index is 0.161. The summed E-state index contributed by atoms with van der Waals surface area (Å²) in [5, 5.41) is 32.8. The molecular weight excluding hydrogens is 414 g/mol. The summed E-state index contributed by atoms with van der Waals surface area (Å²) in [5.41, 5.74) is 4.49. The van der Waals surface area contributed by atoms with E-state index in [-0.39, 0.29) is 29.2 Å². The van der Waals surface area contributed by atoms with E-state index in [1.165, 1.54) is 12.1 Å². The van der Waals surface area contributed by atoms with Gasteiger partial charge in [0, 0.05) is 31.3 Å². The van der Waals surface area contributed by atoms with E-state index >= 15 is 0 Å². The van der Waals surface area contributed by atoms with E-state index in [0.29, 0.717) is 12.0 Å². The Hall–Kier alpha value is -3.17. The minimum Gasteiger partial charge on any atom is -0.508 e. The lowest BCUT2D eigenvalue weighted by Gasteiger charge is -2.49. The number of hydrogen-bond acceptors (Lipinski definition) is 8. The van der Waals surface area contributed by atoms with Crippen LogP contribution in [0.25, 0.3) is 0 Å².